The topological polar surface area (TPSA) is 25.4 Å². The summed E-state index contributed by atoms with van der Waals surface area (Å²) in [5.41, 5.74) is 1.01. The third kappa shape index (κ3) is 4.19. The van der Waals surface area contributed by atoms with Crippen molar-refractivity contribution in [3.63, 3.8) is 0 Å². The summed E-state index contributed by atoms with van der Waals surface area (Å²) in [7, 11) is 1.82. The number of methoxy groups -OCH3 is 1. The van der Waals surface area contributed by atoms with E-state index in [0.717, 1.165) is 25.2 Å². The fourth-order valence-corrected chi connectivity index (χ4v) is 3.46. The Labute approximate surface area is 118 Å². The molecule has 1 fully saturated rings. The number of hydrogen-bond donors (Lipinski definition) is 0. The molecule has 1 aromatic heterocycles. The number of thiazole rings is 1. The Hall–Kier alpha value is -0.160. The van der Waals surface area contributed by atoms with E-state index < -0.39 is 0 Å². The van der Waals surface area contributed by atoms with E-state index in [9.17, 15) is 0 Å². The third-order valence-electron chi connectivity index (χ3n) is 3.40. The Kier molecular flexibility index (Phi) is 5.89. The van der Waals surface area contributed by atoms with E-state index in [2.05, 4.69) is 15.3 Å². The molecule has 0 aromatic carbocycles. The van der Waals surface area contributed by atoms with Crippen molar-refractivity contribution < 1.29 is 4.74 Å². The first-order chi connectivity index (χ1) is 8.81. The van der Waals surface area contributed by atoms with Crippen molar-refractivity contribution in [3.05, 3.63) is 16.1 Å². The monoisotopic (exact) mass is 288 g/mol. The number of hydrogen-bond acceptors (Lipinski definition) is 4. The van der Waals surface area contributed by atoms with Gasteiger partial charge in [-0.05, 0) is 32.4 Å². The third-order valence-corrected chi connectivity index (χ3v) is 4.63. The van der Waals surface area contributed by atoms with Crippen LogP contribution >= 0.6 is 22.9 Å². The van der Waals surface area contributed by atoms with Crippen LogP contribution in [-0.4, -0.2) is 42.7 Å². The van der Waals surface area contributed by atoms with Gasteiger partial charge in [0.2, 0.25) is 0 Å². The number of aryl methyl sites for hydroxylation is 1. The highest BCUT2D eigenvalue weighted by Crippen LogP contribution is 2.16. The second-order valence-electron chi connectivity index (χ2n) is 4.77. The summed E-state index contributed by atoms with van der Waals surface area (Å²) in [6, 6.07) is 0. The first-order valence-corrected chi connectivity index (χ1v) is 7.97. The van der Waals surface area contributed by atoms with Gasteiger partial charge in [-0.3, -0.25) is 0 Å². The Morgan fingerprint density at radius 2 is 2.50 bits per heavy atom. The predicted molar refractivity (Wildman–Crippen MR) is 76.5 cm³/mol. The van der Waals surface area contributed by atoms with Crippen LogP contribution in [0.2, 0.25) is 0 Å². The molecule has 0 amide bonds. The lowest BCUT2D eigenvalue weighted by Gasteiger charge is -2.31. The highest BCUT2D eigenvalue weighted by Gasteiger charge is 2.18. The fraction of sp³-hybridized carbons (Fsp3) is 0.769. The molecule has 1 aromatic rings. The van der Waals surface area contributed by atoms with Crippen LogP contribution in [-0.2, 0) is 17.0 Å². The molecule has 102 valence electrons. The predicted octanol–water partition coefficient (Wildman–Crippen LogP) is 2.93. The second kappa shape index (κ2) is 7.43. The molecule has 5 heteroatoms. The molecule has 3 nitrogen and oxygen atoms in total. The van der Waals surface area contributed by atoms with Crippen molar-refractivity contribution in [2.45, 2.75) is 37.7 Å². The lowest BCUT2D eigenvalue weighted by molar-refractivity contribution is 0.0311. The van der Waals surface area contributed by atoms with E-state index >= 15 is 0 Å². The zero-order valence-corrected chi connectivity index (χ0v) is 12.5. The number of halogens is 1. The van der Waals surface area contributed by atoms with Gasteiger partial charge in [0, 0.05) is 25.5 Å². The largest absolute Gasteiger partial charge is 0.380 e. The lowest BCUT2D eigenvalue weighted by atomic mass is 10.1. The Morgan fingerprint density at radius 3 is 3.22 bits per heavy atom. The van der Waals surface area contributed by atoms with Gasteiger partial charge in [0.15, 0.2) is 0 Å². The van der Waals surface area contributed by atoms with Crippen molar-refractivity contribution >= 4 is 22.9 Å². The molecule has 0 N–H and O–H groups in total. The average Bonchev–Trinajstić information content (AvgIpc) is 2.87. The smallest absolute Gasteiger partial charge is 0.0929 e. The number of rotatable bonds is 6. The van der Waals surface area contributed by atoms with Crippen molar-refractivity contribution in [2.75, 3.05) is 26.7 Å². The van der Waals surface area contributed by atoms with E-state index in [1.807, 2.05) is 7.11 Å². The van der Waals surface area contributed by atoms with Crippen LogP contribution in [0.25, 0.3) is 0 Å². The Balaban J connectivity index is 1.68. The molecule has 0 spiro atoms. The number of likely N-dealkylation sites (tertiary alicyclic amines) is 1. The molecule has 0 bridgehead atoms. The van der Waals surface area contributed by atoms with Crippen molar-refractivity contribution in [1.29, 1.82) is 0 Å². The normalized spacial score (nSPS) is 21.3. The van der Waals surface area contributed by atoms with Crippen LogP contribution in [0, 0.1) is 0 Å². The van der Waals surface area contributed by atoms with Crippen LogP contribution in [0.1, 0.15) is 30.0 Å². The van der Waals surface area contributed by atoms with Gasteiger partial charge < -0.3 is 9.64 Å². The standard InChI is InChI=1S/C13H21ClN2OS/c1-17-12-4-2-6-16(9-12)7-3-5-13-15-11(8-14)10-18-13/h10,12H,2-9H2,1H3. The molecule has 2 rings (SSSR count). The van der Waals surface area contributed by atoms with E-state index in [1.54, 1.807) is 11.3 Å². The summed E-state index contributed by atoms with van der Waals surface area (Å²) in [6.45, 7) is 3.45. The molecular weight excluding hydrogens is 268 g/mol. The van der Waals surface area contributed by atoms with Gasteiger partial charge in [-0.15, -0.1) is 22.9 Å². The SMILES string of the molecule is COC1CCCN(CCCc2nc(CCl)cs2)C1. The quantitative estimate of drug-likeness (QED) is 0.753. The summed E-state index contributed by atoms with van der Waals surface area (Å²) < 4.78 is 5.44. The first-order valence-electron chi connectivity index (χ1n) is 6.56. The lowest BCUT2D eigenvalue weighted by Crippen LogP contribution is -2.39. The van der Waals surface area contributed by atoms with Gasteiger partial charge in [-0.2, -0.15) is 0 Å². The maximum Gasteiger partial charge on any atom is 0.0929 e. The number of aromatic nitrogens is 1. The number of alkyl halides is 1. The van der Waals surface area contributed by atoms with E-state index in [1.165, 1.54) is 30.8 Å². The van der Waals surface area contributed by atoms with Crippen LogP contribution in [0.15, 0.2) is 5.38 Å². The van der Waals surface area contributed by atoms with Gasteiger partial charge in [-0.1, -0.05) is 0 Å². The van der Waals surface area contributed by atoms with Gasteiger partial charge >= 0.3 is 0 Å². The summed E-state index contributed by atoms with van der Waals surface area (Å²) in [6.07, 6.45) is 5.13. The molecule has 0 radical (unpaired) electrons. The van der Waals surface area contributed by atoms with Crippen LogP contribution in [0.4, 0.5) is 0 Å². The molecule has 1 aliphatic heterocycles. The molecule has 0 saturated carbocycles. The maximum atomic E-state index is 5.75. The van der Waals surface area contributed by atoms with Gasteiger partial charge in [0.25, 0.3) is 0 Å². The van der Waals surface area contributed by atoms with Gasteiger partial charge in [0.05, 0.1) is 22.7 Å². The van der Waals surface area contributed by atoms with Crippen molar-refractivity contribution in [2.24, 2.45) is 0 Å². The zero-order valence-electron chi connectivity index (χ0n) is 10.9. The fourth-order valence-electron chi connectivity index (χ4n) is 2.39. The number of nitrogens with zero attached hydrogens (tertiary/aromatic N) is 2. The molecule has 1 unspecified atom stereocenters. The summed E-state index contributed by atoms with van der Waals surface area (Å²) >= 11 is 7.48. The van der Waals surface area contributed by atoms with Crippen molar-refractivity contribution in [1.82, 2.24) is 9.88 Å². The molecule has 2 heterocycles. The summed E-state index contributed by atoms with van der Waals surface area (Å²) in [4.78, 5) is 6.99. The minimum Gasteiger partial charge on any atom is -0.380 e. The van der Waals surface area contributed by atoms with E-state index in [0.29, 0.717) is 12.0 Å². The van der Waals surface area contributed by atoms with Crippen molar-refractivity contribution in [3.8, 4) is 0 Å². The molecule has 18 heavy (non-hydrogen) atoms. The number of ether oxygens (including phenoxy) is 1. The molecule has 1 atom stereocenters. The summed E-state index contributed by atoms with van der Waals surface area (Å²) in [5, 5.41) is 3.27. The van der Waals surface area contributed by atoms with Crippen LogP contribution < -0.4 is 0 Å². The van der Waals surface area contributed by atoms with Crippen LogP contribution in [0.3, 0.4) is 0 Å². The first kappa shape index (κ1) is 14.3. The van der Waals surface area contributed by atoms with Gasteiger partial charge in [0.1, 0.15) is 0 Å². The van der Waals surface area contributed by atoms with Crippen LogP contribution in [0.5, 0.6) is 0 Å². The second-order valence-corrected chi connectivity index (χ2v) is 5.98. The molecule has 1 aliphatic rings. The Morgan fingerprint density at radius 1 is 1.61 bits per heavy atom. The van der Waals surface area contributed by atoms with Gasteiger partial charge in [-0.25, -0.2) is 4.98 Å². The molecule has 0 aliphatic carbocycles. The number of piperidine rings is 1. The minimum atomic E-state index is 0.432. The zero-order chi connectivity index (χ0) is 12.8. The highest BCUT2D eigenvalue weighted by molar-refractivity contribution is 7.09. The molecular formula is C13H21ClN2OS. The minimum absolute atomic E-state index is 0.432. The highest BCUT2D eigenvalue weighted by atomic mass is 35.5. The van der Waals surface area contributed by atoms with E-state index in [4.69, 9.17) is 16.3 Å². The average molecular weight is 289 g/mol. The maximum absolute atomic E-state index is 5.75. The Bertz CT molecular complexity index is 359. The summed E-state index contributed by atoms with van der Waals surface area (Å²) in [5.74, 6) is 0.526. The van der Waals surface area contributed by atoms with E-state index in [-0.39, 0.29) is 0 Å². The molecule has 1 saturated heterocycles.